The van der Waals surface area contributed by atoms with Gasteiger partial charge in [0.25, 0.3) is 0 Å². The summed E-state index contributed by atoms with van der Waals surface area (Å²) in [6, 6.07) is 2.11. The van der Waals surface area contributed by atoms with E-state index in [-0.39, 0.29) is 0 Å². The molecule has 0 unspecified atom stereocenters. The Morgan fingerprint density at radius 2 is 2.33 bits per heavy atom. The summed E-state index contributed by atoms with van der Waals surface area (Å²) in [6.45, 7) is 2.09. The zero-order chi connectivity index (χ0) is 8.72. The van der Waals surface area contributed by atoms with Crippen LogP contribution in [0.5, 0.6) is 0 Å². The Hall–Kier alpha value is -0.100. The van der Waals surface area contributed by atoms with Crippen molar-refractivity contribution < 1.29 is 0 Å². The zero-order valence-corrected chi connectivity index (χ0v) is 10.1. The molecule has 0 amide bonds. The van der Waals surface area contributed by atoms with E-state index < -0.39 is 0 Å². The van der Waals surface area contributed by atoms with Crippen LogP contribution in [0.15, 0.2) is 16.7 Å². The molecular weight excluding hydrogens is 331 g/mol. The van der Waals surface area contributed by atoms with Gasteiger partial charge in [0.05, 0.1) is 11.7 Å². The van der Waals surface area contributed by atoms with E-state index in [1.54, 1.807) is 0 Å². The lowest BCUT2D eigenvalue weighted by molar-refractivity contribution is 1.12. The topological polar surface area (TPSA) is 28.7 Å². The molecule has 0 radical (unpaired) electrons. The highest BCUT2D eigenvalue weighted by Crippen LogP contribution is 2.30. The molecule has 0 fully saturated rings. The van der Waals surface area contributed by atoms with Crippen LogP contribution >= 0.6 is 38.5 Å². The Bertz CT molecular complexity index is 436. The van der Waals surface area contributed by atoms with Crippen LogP contribution in [0.25, 0.3) is 10.9 Å². The minimum atomic E-state index is 1.08. The average Bonchev–Trinajstić information content (AvgIpc) is 2.48. The Balaban J connectivity index is 2.94. The van der Waals surface area contributed by atoms with E-state index in [0.29, 0.717) is 0 Å². The van der Waals surface area contributed by atoms with Crippen LogP contribution in [-0.4, -0.2) is 10.2 Å². The number of aromatic nitrogens is 2. The molecule has 0 aliphatic heterocycles. The van der Waals surface area contributed by atoms with E-state index in [9.17, 15) is 0 Å². The molecule has 2 aromatic rings. The fourth-order valence-electron chi connectivity index (χ4n) is 1.15. The lowest BCUT2D eigenvalue weighted by atomic mass is 10.2. The molecule has 0 bridgehead atoms. The molecule has 4 heteroatoms. The lowest BCUT2D eigenvalue weighted by Crippen LogP contribution is -1.82. The number of fused-ring (bicyclic) bond motifs is 1. The lowest BCUT2D eigenvalue weighted by Gasteiger charge is -2.01. The second kappa shape index (κ2) is 2.99. The van der Waals surface area contributed by atoms with Crippen LogP contribution in [0, 0.1) is 10.5 Å². The fourth-order valence-corrected chi connectivity index (χ4v) is 2.23. The van der Waals surface area contributed by atoms with E-state index in [4.69, 9.17) is 0 Å². The predicted octanol–water partition coefficient (Wildman–Crippen LogP) is 3.24. The summed E-state index contributed by atoms with van der Waals surface area (Å²) >= 11 is 5.87. The third-order valence-electron chi connectivity index (χ3n) is 1.81. The van der Waals surface area contributed by atoms with Gasteiger partial charge in [0, 0.05) is 13.4 Å². The number of nitrogens with one attached hydrogen (secondary N) is 1. The molecule has 0 atom stereocenters. The van der Waals surface area contributed by atoms with Gasteiger partial charge in [-0.05, 0) is 57.1 Å². The van der Waals surface area contributed by atoms with Gasteiger partial charge in [-0.1, -0.05) is 0 Å². The van der Waals surface area contributed by atoms with Crippen molar-refractivity contribution in [3.05, 3.63) is 25.9 Å². The van der Waals surface area contributed by atoms with Crippen molar-refractivity contribution in [2.24, 2.45) is 0 Å². The summed E-state index contributed by atoms with van der Waals surface area (Å²) in [4.78, 5) is 0. The van der Waals surface area contributed by atoms with Crippen molar-refractivity contribution >= 4 is 49.4 Å². The first-order valence-corrected chi connectivity index (χ1v) is 5.35. The molecule has 0 saturated heterocycles. The first-order chi connectivity index (χ1) is 5.70. The molecule has 1 heterocycles. The number of hydrogen-bond acceptors (Lipinski definition) is 1. The molecule has 0 spiro atoms. The molecule has 0 aliphatic carbocycles. The van der Waals surface area contributed by atoms with Crippen LogP contribution in [0.1, 0.15) is 5.56 Å². The zero-order valence-electron chi connectivity index (χ0n) is 6.36. The Kier molecular flexibility index (Phi) is 2.12. The Labute approximate surface area is 92.0 Å². The summed E-state index contributed by atoms with van der Waals surface area (Å²) < 4.78 is 2.38. The van der Waals surface area contributed by atoms with Gasteiger partial charge < -0.3 is 0 Å². The van der Waals surface area contributed by atoms with Crippen LogP contribution in [0.3, 0.4) is 0 Å². The first kappa shape index (κ1) is 8.50. The van der Waals surface area contributed by atoms with Crippen molar-refractivity contribution in [2.45, 2.75) is 6.92 Å². The molecular formula is C8H6BrIN2. The minimum Gasteiger partial charge on any atom is -0.278 e. The first-order valence-electron chi connectivity index (χ1n) is 3.48. The van der Waals surface area contributed by atoms with Crippen molar-refractivity contribution in [3.63, 3.8) is 0 Å². The highest BCUT2D eigenvalue weighted by atomic mass is 127. The van der Waals surface area contributed by atoms with Gasteiger partial charge in [0.1, 0.15) is 0 Å². The molecule has 0 aliphatic rings. The van der Waals surface area contributed by atoms with E-state index in [2.05, 4.69) is 61.7 Å². The van der Waals surface area contributed by atoms with E-state index in [0.717, 1.165) is 15.4 Å². The third-order valence-corrected chi connectivity index (χ3v) is 4.76. The average molecular weight is 337 g/mol. The van der Waals surface area contributed by atoms with Crippen molar-refractivity contribution in [1.82, 2.24) is 10.2 Å². The van der Waals surface area contributed by atoms with Crippen LogP contribution < -0.4 is 0 Å². The molecule has 1 aromatic carbocycles. The van der Waals surface area contributed by atoms with Crippen molar-refractivity contribution in [3.8, 4) is 0 Å². The number of rotatable bonds is 0. The highest BCUT2D eigenvalue weighted by molar-refractivity contribution is 14.1. The van der Waals surface area contributed by atoms with Gasteiger partial charge >= 0.3 is 0 Å². The SMILES string of the molecule is Cc1cc2[nH]ncc2c(Br)c1I. The quantitative estimate of drug-likeness (QED) is 0.735. The summed E-state index contributed by atoms with van der Waals surface area (Å²) in [7, 11) is 0. The van der Waals surface area contributed by atoms with Crippen LogP contribution in [0.4, 0.5) is 0 Å². The van der Waals surface area contributed by atoms with Crippen molar-refractivity contribution in [1.29, 1.82) is 0 Å². The standard InChI is InChI=1S/C8H6BrIN2/c1-4-2-6-5(3-11-12-6)7(9)8(4)10/h2-3H,1H3,(H,11,12). The number of nitrogens with zero attached hydrogens (tertiary/aromatic N) is 1. The van der Waals surface area contributed by atoms with E-state index >= 15 is 0 Å². The normalized spacial score (nSPS) is 10.9. The summed E-state index contributed by atoms with van der Waals surface area (Å²) in [5.41, 5.74) is 2.35. The summed E-state index contributed by atoms with van der Waals surface area (Å²) in [5.74, 6) is 0. The molecule has 62 valence electrons. The maximum Gasteiger partial charge on any atom is 0.0665 e. The summed E-state index contributed by atoms with van der Waals surface area (Å²) in [6.07, 6.45) is 1.83. The number of aryl methyl sites for hydroxylation is 1. The molecule has 12 heavy (non-hydrogen) atoms. The van der Waals surface area contributed by atoms with Gasteiger partial charge in [-0.25, -0.2) is 0 Å². The maximum absolute atomic E-state index is 3.99. The maximum atomic E-state index is 3.99. The molecule has 0 saturated carbocycles. The Morgan fingerprint density at radius 3 is 3.08 bits per heavy atom. The number of hydrogen-bond donors (Lipinski definition) is 1. The predicted molar refractivity (Wildman–Crippen MR) is 61.2 cm³/mol. The number of halogens is 2. The molecule has 1 aromatic heterocycles. The fraction of sp³-hybridized carbons (Fsp3) is 0.125. The number of H-pyrrole nitrogens is 1. The second-order valence-corrected chi connectivity index (χ2v) is 4.52. The van der Waals surface area contributed by atoms with E-state index in [1.165, 1.54) is 9.13 Å². The molecule has 2 rings (SSSR count). The molecule has 1 N–H and O–H groups in total. The smallest absolute Gasteiger partial charge is 0.0665 e. The molecule has 2 nitrogen and oxygen atoms in total. The minimum absolute atomic E-state index is 1.08. The third kappa shape index (κ3) is 1.17. The van der Waals surface area contributed by atoms with Gasteiger partial charge in [0.2, 0.25) is 0 Å². The largest absolute Gasteiger partial charge is 0.278 e. The van der Waals surface area contributed by atoms with Crippen molar-refractivity contribution in [2.75, 3.05) is 0 Å². The second-order valence-electron chi connectivity index (χ2n) is 2.65. The number of benzene rings is 1. The van der Waals surface area contributed by atoms with Crippen LogP contribution in [0.2, 0.25) is 0 Å². The highest BCUT2D eigenvalue weighted by Gasteiger charge is 2.06. The van der Waals surface area contributed by atoms with Gasteiger partial charge in [-0.2, -0.15) is 5.10 Å². The summed E-state index contributed by atoms with van der Waals surface area (Å²) in [5, 5.41) is 8.07. The van der Waals surface area contributed by atoms with E-state index in [1.807, 2.05) is 6.20 Å². The van der Waals surface area contributed by atoms with Crippen LogP contribution in [-0.2, 0) is 0 Å². The van der Waals surface area contributed by atoms with Gasteiger partial charge in [-0.15, -0.1) is 0 Å². The Morgan fingerprint density at radius 1 is 1.58 bits per heavy atom. The van der Waals surface area contributed by atoms with Gasteiger partial charge in [-0.3, -0.25) is 5.10 Å². The van der Waals surface area contributed by atoms with Gasteiger partial charge in [0.15, 0.2) is 0 Å². The number of aromatic amines is 1. The monoisotopic (exact) mass is 336 g/mol.